The predicted molar refractivity (Wildman–Crippen MR) is 87.4 cm³/mol. The number of amides is 1. The first-order valence-corrected chi connectivity index (χ1v) is 8.06. The molecule has 1 amide bonds. The Morgan fingerprint density at radius 1 is 1.27 bits per heavy atom. The van der Waals surface area contributed by atoms with E-state index >= 15 is 0 Å². The van der Waals surface area contributed by atoms with Gasteiger partial charge in [0.2, 0.25) is 5.91 Å². The van der Waals surface area contributed by atoms with Crippen molar-refractivity contribution in [3.05, 3.63) is 34.9 Å². The fourth-order valence-electron chi connectivity index (χ4n) is 2.75. The third-order valence-corrected chi connectivity index (χ3v) is 4.28. The summed E-state index contributed by atoms with van der Waals surface area (Å²) in [5.74, 6) is 0.585. The molecule has 0 aliphatic carbocycles. The Morgan fingerprint density at radius 3 is 2.45 bits per heavy atom. The third-order valence-electron chi connectivity index (χ3n) is 3.94. The fourth-order valence-corrected chi connectivity index (χ4v) is 2.99. The largest absolute Gasteiger partial charge is 0.340 e. The molecule has 1 fully saturated rings. The molecule has 1 aromatic carbocycles. The first-order chi connectivity index (χ1) is 10.5. The molecule has 5 heteroatoms. The summed E-state index contributed by atoms with van der Waals surface area (Å²) < 4.78 is 0. The van der Waals surface area contributed by atoms with Gasteiger partial charge in [0.15, 0.2) is 0 Å². The van der Waals surface area contributed by atoms with Crippen molar-refractivity contribution in [2.75, 3.05) is 26.2 Å². The van der Waals surface area contributed by atoms with Crippen LogP contribution in [0.2, 0.25) is 5.02 Å². The topological polar surface area (TPSA) is 47.3 Å². The average molecular weight is 320 g/mol. The lowest BCUT2D eigenvalue weighted by molar-refractivity contribution is -0.133. The number of nitrogens with zero attached hydrogens (tertiary/aromatic N) is 3. The standard InChI is InChI=1S/C17H22ClN3O/c1-13(2)11-17(22)21-9-7-20(8-10-21)16(12-19)14-5-3-4-6-15(14)18/h3-6,13,16H,7-11H2,1-2H3. The lowest BCUT2D eigenvalue weighted by Crippen LogP contribution is -2.49. The molecular weight excluding hydrogens is 298 g/mol. The van der Waals surface area contributed by atoms with Crippen LogP contribution in [0.25, 0.3) is 0 Å². The van der Waals surface area contributed by atoms with E-state index in [1.165, 1.54) is 0 Å². The summed E-state index contributed by atoms with van der Waals surface area (Å²) in [6.45, 7) is 6.86. The van der Waals surface area contributed by atoms with Crippen LogP contribution < -0.4 is 0 Å². The van der Waals surface area contributed by atoms with Crippen molar-refractivity contribution in [3.63, 3.8) is 0 Å². The molecule has 1 heterocycles. The van der Waals surface area contributed by atoms with Gasteiger partial charge in [-0.25, -0.2) is 0 Å². The maximum atomic E-state index is 12.1. The number of nitriles is 1. The molecule has 1 unspecified atom stereocenters. The molecule has 0 aromatic heterocycles. The SMILES string of the molecule is CC(C)CC(=O)N1CCN(C(C#N)c2ccccc2Cl)CC1. The number of halogens is 1. The van der Waals surface area contributed by atoms with Crippen LogP contribution in [0, 0.1) is 17.2 Å². The lowest BCUT2D eigenvalue weighted by atomic mass is 10.0. The summed E-state index contributed by atoms with van der Waals surface area (Å²) in [5.41, 5.74) is 0.841. The van der Waals surface area contributed by atoms with Crippen molar-refractivity contribution in [2.24, 2.45) is 5.92 Å². The van der Waals surface area contributed by atoms with Crippen molar-refractivity contribution in [1.29, 1.82) is 5.26 Å². The predicted octanol–water partition coefficient (Wildman–Crippen LogP) is 3.09. The van der Waals surface area contributed by atoms with E-state index in [1.54, 1.807) is 0 Å². The van der Waals surface area contributed by atoms with Crippen LogP contribution >= 0.6 is 11.6 Å². The smallest absolute Gasteiger partial charge is 0.222 e. The average Bonchev–Trinajstić information content (AvgIpc) is 2.50. The Hall–Kier alpha value is -1.57. The van der Waals surface area contributed by atoms with E-state index in [2.05, 4.69) is 24.8 Å². The van der Waals surface area contributed by atoms with Crippen molar-refractivity contribution >= 4 is 17.5 Å². The number of carbonyl (C=O) groups is 1. The minimum atomic E-state index is -0.351. The Morgan fingerprint density at radius 2 is 1.91 bits per heavy atom. The van der Waals surface area contributed by atoms with E-state index in [-0.39, 0.29) is 11.9 Å². The van der Waals surface area contributed by atoms with Gasteiger partial charge in [-0.1, -0.05) is 43.6 Å². The highest BCUT2D eigenvalue weighted by atomic mass is 35.5. The summed E-state index contributed by atoms with van der Waals surface area (Å²) >= 11 is 6.21. The van der Waals surface area contributed by atoms with E-state index in [0.717, 1.165) is 5.56 Å². The van der Waals surface area contributed by atoms with Crippen LogP contribution in [0.4, 0.5) is 0 Å². The van der Waals surface area contributed by atoms with Crippen LogP contribution in [0.1, 0.15) is 31.9 Å². The van der Waals surface area contributed by atoms with E-state index in [9.17, 15) is 10.1 Å². The Bertz CT molecular complexity index is 559. The van der Waals surface area contributed by atoms with Gasteiger partial charge in [-0.15, -0.1) is 0 Å². The monoisotopic (exact) mass is 319 g/mol. The lowest BCUT2D eigenvalue weighted by Gasteiger charge is -2.37. The second-order valence-electron chi connectivity index (χ2n) is 6.07. The number of hydrogen-bond acceptors (Lipinski definition) is 3. The van der Waals surface area contributed by atoms with Crippen LogP contribution in [0.15, 0.2) is 24.3 Å². The Kier molecular flexibility index (Phi) is 5.82. The normalized spacial score (nSPS) is 17.3. The maximum absolute atomic E-state index is 12.1. The zero-order valence-corrected chi connectivity index (χ0v) is 13.9. The van der Waals surface area contributed by atoms with Gasteiger partial charge in [-0.3, -0.25) is 9.69 Å². The molecule has 0 bridgehead atoms. The summed E-state index contributed by atoms with van der Waals surface area (Å²) in [6.07, 6.45) is 0.589. The molecular formula is C17H22ClN3O. The zero-order valence-electron chi connectivity index (χ0n) is 13.1. The van der Waals surface area contributed by atoms with Crippen LogP contribution in [-0.4, -0.2) is 41.9 Å². The first kappa shape index (κ1) is 16.8. The molecule has 2 rings (SSSR count). The number of hydrogen-bond donors (Lipinski definition) is 0. The molecule has 1 aliphatic heterocycles. The van der Waals surface area contributed by atoms with E-state index in [0.29, 0.717) is 43.5 Å². The van der Waals surface area contributed by atoms with Crippen LogP contribution in [0.3, 0.4) is 0 Å². The third kappa shape index (κ3) is 4.00. The number of carbonyl (C=O) groups excluding carboxylic acids is 1. The first-order valence-electron chi connectivity index (χ1n) is 7.68. The van der Waals surface area contributed by atoms with Gasteiger partial charge >= 0.3 is 0 Å². The fraction of sp³-hybridized carbons (Fsp3) is 0.529. The molecule has 1 saturated heterocycles. The number of benzene rings is 1. The summed E-state index contributed by atoms with van der Waals surface area (Å²) in [5, 5.41) is 10.1. The second-order valence-corrected chi connectivity index (χ2v) is 6.48. The minimum Gasteiger partial charge on any atom is -0.340 e. The summed E-state index contributed by atoms with van der Waals surface area (Å²) in [6, 6.07) is 9.46. The molecule has 118 valence electrons. The van der Waals surface area contributed by atoms with E-state index in [1.807, 2.05) is 29.2 Å². The Balaban J connectivity index is 2.00. The highest BCUT2D eigenvalue weighted by Gasteiger charge is 2.28. The number of rotatable bonds is 4. The molecule has 0 saturated carbocycles. The van der Waals surface area contributed by atoms with E-state index in [4.69, 9.17) is 11.6 Å². The summed E-state index contributed by atoms with van der Waals surface area (Å²) in [7, 11) is 0. The molecule has 1 aromatic rings. The molecule has 0 N–H and O–H groups in total. The highest BCUT2D eigenvalue weighted by Crippen LogP contribution is 2.27. The molecule has 1 aliphatic rings. The van der Waals surface area contributed by atoms with Gasteiger partial charge in [0.25, 0.3) is 0 Å². The zero-order chi connectivity index (χ0) is 16.1. The van der Waals surface area contributed by atoms with E-state index < -0.39 is 0 Å². The molecule has 0 spiro atoms. The van der Waals surface area contributed by atoms with Crippen molar-refractivity contribution in [1.82, 2.24) is 9.80 Å². The molecule has 4 nitrogen and oxygen atoms in total. The minimum absolute atomic E-state index is 0.209. The van der Waals surface area contributed by atoms with Gasteiger partial charge in [0.1, 0.15) is 6.04 Å². The quantitative estimate of drug-likeness (QED) is 0.856. The van der Waals surface area contributed by atoms with Gasteiger partial charge in [0, 0.05) is 43.2 Å². The summed E-state index contributed by atoms with van der Waals surface area (Å²) in [4.78, 5) is 16.1. The van der Waals surface area contributed by atoms with Crippen LogP contribution in [0.5, 0.6) is 0 Å². The second kappa shape index (κ2) is 7.62. The van der Waals surface area contributed by atoms with Gasteiger partial charge < -0.3 is 4.90 Å². The molecule has 22 heavy (non-hydrogen) atoms. The van der Waals surface area contributed by atoms with Crippen molar-refractivity contribution < 1.29 is 4.79 Å². The van der Waals surface area contributed by atoms with Crippen molar-refractivity contribution in [2.45, 2.75) is 26.3 Å². The number of piperazine rings is 1. The molecule has 1 atom stereocenters. The van der Waals surface area contributed by atoms with Crippen molar-refractivity contribution in [3.8, 4) is 6.07 Å². The molecule has 0 radical (unpaired) electrons. The maximum Gasteiger partial charge on any atom is 0.222 e. The van der Waals surface area contributed by atoms with Gasteiger partial charge in [-0.05, 0) is 12.0 Å². The van der Waals surface area contributed by atoms with Gasteiger partial charge in [-0.2, -0.15) is 5.26 Å². The highest BCUT2D eigenvalue weighted by molar-refractivity contribution is 6.31. The van der Waals surface area contributed by atoms with Gasteiger partial charge in [0.05, 0.1) is 6.07 Å². The van der Waals surface area contributed by atoms with Crippen LogP contribution in [-0.2, 0) is 4.79 Å². The Labute approximate surface area is 137 Å².